The van der Waals surface area contributed by atoms with Crippen molar-refractivity contribution in [2.24, 2.45) is 0 Å². The van der Waals surface area contributed by atoms with Gasteiger partial charge < -0.3 is 5.32 Å². The lowest BCUT2D eigenvalue weighted by Crippen LogP contribution is -2.19. The molecule has 0 fully saturated rings. The monoisotopic (exact) mass is 233 g/mol. The maximum absolute atomic E-state index is 11.1. The van der Waals surface area contributed by atoms with Gasteiger partial charge in [-0.1, -0.05) is 18.2 Å². The SMILES string of the molecule is O=C(CS(=O)(=O)Cl)Nc1ccccc1. The third-order valence-electron chi connectivity index (χ3n) is 1.36. The topological polar surface area (TPSA) is 63.2 Å². The summed E-state index contributed by atoms with van der Waals surface area (Å²) in [4.78, 5) is 11.1. The zero-order valence-electron chi connectivity index (χ0n) is 7.10. The van der Waals surface area contributed by atoms with Crippen LogP contribution in [0.3, 0.4) is 0 Å². The van der Waals surface area contributed by atoms with E-state index in [-0.39, 0.29) is 0 Å². The maximum Gasteiger partial charge on any atom is 0.241 e. The molecule has 1 aromatic carbocycles. The highest BCUT2D eigenvalue weighted by Crippen LogP contribution is 2.05. The van der Waals surface area contributed by atoms with Gasteiger partial charge in [0.05, 0.1) is 0 Å². The summed E-state index contributed by atoms with van der Waals surface area (Å²) in [6, 6.07) is 8.54. The Morgan fingerprint density at radius 3 is 2.36 bits per heavy atom. The zero-order chi connectivity index (χ0) is 10.6. The standard InChI is InChI=1S/C8H8ClNO3S/c9-14(12,13)6-8(11)10-7-4-2-1-3-5-7/h1-5H,6H2,(H,10,11). The zero-order valence-corrected chi connectivity index (χ0v) is 8.68. The summed E-state index contributed by atoms with van der Waals surface area (Å²) < 4.78 is 21.1. The van der Waals surface area contributed by atoms with Gasteiger partial charge in [0.2, 0.25) is 15.0 Å². The first-order chi connectivity index (χ1) is 6.47. The summed E-state index contributed by atoms with van der Waals surface area (Å²) >= 11 is 0. The lowest BCUT2D eigenvalue weighted by molar-refractivity contribution is -0.113. The van der Waals surface area contributed by atoms with E-state index in [9.17, 15) is 13.2 Å². The number of hydrogen-bond donors (Lipinski definition) is 1. The van der Waals surface area contributed by atoms with Crippen molar-refractivity contribution < 1.29 is 13.2 Å². The minimum atomic E-state index is -3.78. The Labute approximate surface area is 86.3 Å². The van der Waals surface area contributed by atoms with Crippen LogP contribution in [-0.2, 0) is 13.8 Å². The molecule has 0 aliphatic rings. The highest BCUT2D eigenvalue weighted by molar-refractivity contribution is 8.14. The van der Waals surface area contributed by atoms with Crippen LogP contribution in [0.15, 0.2) is 30.3 Å². The van der Waals surface area contributed by atoms with E-state index in [0.29, 0.717) is 5.69 Å². The number of halogens is 1. The van der Waals surface area contributed by atoms with Gasteiger partial charge >= 0.3 is 0 Å². The van der Waals surface area contributed by atoms with Crippen molar-refractivity contribution in [2.75, 3.05) is 11.1 Å². The molecule has 1 amide bonds. The number of hydrogen-bond acceptors (Lipinski definition) is 3. The van der Waals surface area contributed by atoms with Crippen LogP contribution < -0.4 is 5.32 Å². The molecule has 76 valence electrons. The summed E-state index contributed by atoms with van der Waals surface area (Å²) in [6.45, 7) is 0. The van der Waals surface area contributed by atoms with Crippen molar-refractivity contribution in [1.82, 2.24) is 0 Å². The van der Waals surface area contributed by atoms with Crippen molar-refractivity contribution in [3.05, 3.63) is 30.3 Å². The molecule has 0 atom stereocenters. The number of rotatable bonds is 3. The third-order valence-corrected chi connectivity index (χ3v) is 2.30. The molecule has 0 saturated carbocycles. The number of benzene rings is 1. The highest BCUT2D eigenvalue weighted by Gasteiger charge is 2.12. The lowest BCUT2D eigenvalue weighted by atomic mass is 10.3. The Hall–Kier alpha value is -1.07. The first-order valence-electron chi connectivity index (χ1n) is 3.74. The molecule has 1 N–H and O–H groups in total. The van der Waals surface area contributed by atoms with Crippen LogP contribution in [0, 0.1) is 0 Å². The second kappa shape index (κ2) is 4.43. The molecule has 0 spiro atoms. The average Bonchev–Trinajstić information content (AvgIpc) is 2.02. The molecule has 0 aliphatic heterocycles. The molecule has 0 aromatic heterocycles. The van der Waals surface area contributed by atoms with Crippen LogP contribution in [-0.4, -0.2) is 20.1 Å². The third kappa shape index (κ3) is 4.25. The Morgan fingerprint density at radius 1 is 1.29 bits per heavy atom. The van der Waals surface area contributed by atoms with Crippen molar-refractivity contribution >= 4 is 31.3 Å². The Kier molecular flexibility index (Phi) is 3.49. The van der Waals surface area contributed by atoms with E-state index >= 15 is 0 Å². The normalized spacial score (nSPS) is 10.9. The van der Waals surface area contributed by atoms with E-state index < -0.39 is 20.7 Å². The summed E-state index contributed by atoms with van der Waals surface area (Å²) in [5.74, 6) is -1.37. The first-order valence-corrected chi connectivity index (χ1v) is 6.22. The molecule has 0 radical (unpaired) electrons. The predicted octanol–water partition coefficient (Wildman–Crippen LogP) is 1.19. The highest BCUT2D eigenvalue weighted by atomic mass is 35.7. The number of carbonyl (C=O) groups is 1. The number of para-hydroxylation sites is 1. The number of amides is 1. The van der Waals surface area contributed by atoms with Gasteiger partial charge in [0.1, 0.15) is 5.75 Å². The van der Waals surface area contributed by atoms with Gasteiger partial charge in [-0.05, 0) is 12.1 Å². The first kappa shape index (κ1) is 11.0. The van der Waals surface area contributed by atoms with Gasteiger partial charge in [0.25, 0.3) is 0 Å². The van der Waals surface area contributed by atoms with E-state index in [2.05, 4.69) is 5.32 Å². The second-order valence-electron chi connectivity index (χ2n) is 2.60. The number of carbonyl (C=O) groups excluding carboxylic acids is 1. The molecule has 0 bridgehead atoms. The van der Waals surface area contributed by atoms with Crippen molar-refractivity contribution in [3.63, 3.8) is 0 Å². The van der Waals surface area contributed by atoms with Crippen LogP contribution in [0.4, 0.5) is 5.69 Å². The van der Waals surface area contributed by atoms with E-state index in [0.717, 1.165) is 0 Å². The van der Waals surface area contributed by atoms with Crippen LogP contribution in [0.25, 0.3) is 0 Å². The van der Waals surface area contributed by atoms with Crippen LogP contribution >= 0.6 is 10.7 Å². The summed E-state index contributed by atoms with van der Waals surface area (Å²) in [5.41, 5.74) is 0.540. The van der Waals surface area contributed by atoms with Gasteiger partial charge in [-0.2, -0.15) is 0 Å². The van der Waals surface area contributed by atoms with Crippen molar-refractivity contribution in [2.45, 2.75) is 0 Å². The Balaban J connectivity index is 2.59. The van der Waals surface area contributed by atoms with Crippen molar-refractivity contribution in [3.8, 4) is 0 Å². The molecule has 1 aromatic rings. The predicted molar refractivity (Wildman–Crippen MR) is 54.7 cm³/mol. The fourth-order valence-corrected chi connectivity index (χ4v) is 1.56. The fraction of sp³-hybridized carbons (Fsp3) is 0.125. The van der Waals surface area contributed by atoms with Gasteiger partial charge in [-0.15, -0.1) is 0 Å². The van der Waals surface area contributed by atoms with Crippen LogP contribution in [0.1, 0.15) is 0 Å². The van der Waals surface area contributed by atoms with Crippen molar-refractivity contribution in [1.29, 1.82) is 0 Å². The lowest BCUT2D eigenvalue weighted by Gasteiger charge is -2.02. The summed E-state index contributed by atoms with van der Waals surface area (Å²) in [6.07, 6.45) is 0. The van der Waals surface area contributed by atoms with Gasteiger partial charge in [0, 0.05) is 16.4 Å². The fourth-order valence-electron chi connectivity index (χ4n) is 0.875. The Bertz CT molecular complexity index is 415. The van der Waals surface area contributed by atoms with Crippen LogP contribution in [0.2, 0.25) is 0 Å². The average molecular weight is 234 g/mol. The van der Waals surface area contributed by atoms with Crippen LogP contribution in [0.5, 0.6) is 0 Å². The number of anilines is 1. The Morgan fingerprint density at radius 2 is 1.86 bits per heavy atom. The van der Waals surface area contributed by atoms with E-state index in [1.54, 1.807) is 30.3 Å². The minimum Gasteiger partial charge on any atom is -0.325 e. The summed E-state index contributed by atoms with van der Waals surface area (Å²) in [5, 5.41) is 2.40. The molecule has 0 saturated heterocycles. The molecule has 6 heteroatoms. The smallest absolute Gasteiger partial charge is 0.241 e. The van der Waals surface area contributed by atoms with Gasteiger partial charge in [-0.25, -0.2) is 8.42 Å². The minimum absolute atomic E-state index is 0.540. The summed E-state index contributed by atoms with van der Waals surface area (Å²) in [7, 11) is 1.12. The molecule has 1 rings (SSSR count). The molecular formula is C8H8ClNO3S. The molecule has 14 heavy (non-hydrogen) atoms. The maximum atomic E-state index is 11.1. The van der Waals surface area contributed by atoms with Gasteiger partial charge in [0.15, 0.2) is 0 Å². The molecule has 4 nitrogen and oxygen atoms in total. The van der Waals surface area contributed by atoms with E-state index in [1.165, 1.54) is 0 Å². The number of nitrogens with one attached hydrogen (secondary N) is 1. The second-order valence-corrected chi connectivity index (χ2v) is 5.37. The quantitative estimate of drug-likeness (QED) is 0.798. The largest absolute Gasteiger partial charge is 0.325 e. The van der Waals surface area contributed by atoms with E-state index in [4.69, 9.17) is 10.7 Å². The van der Waals surface area contributed by atoms with Gasteiger partial charge in [-0.3, -0.25) is 4.79 Å². The molecule has 0 aliphatic carbocycles. The van der Waals surface area contributed by atoms with E-state index in [1.807, 2.05) is 0 Å². The molecule has 0 unspecified atom stereocenters. The molecular weight excluding hydrogens is 226 g/mol. The molecule has 0 heterocycles.